The Hall–Kier alpha value is -3.05. The van der Waals surface area contributed by atoms with Crippen LogP contribution >= 0.6 is 0 Å². The van der Waals surface area contributed by atoms with Crippen molar-refractivity contribution in [3.05, 3.63) is 88.9 Å². The summed E-state index contributed by atoms with van der Waals surface area (Å²) in [6.07, 6.45) is 0. The molecular weight excluding hydrogens is 342 g/mol. The smallest absolute Gasteiger partial charge is 0.146 e. The van der Waals surface area contributed by atoms with Crippen LogP contribution in [0.1, 0.15) is 35.1 Å². The molecule has 0 amide bonds. The van der Waals surface area contributed by atoms with Gasteiger partial charge in [-0.05, 0) is 61.4 Å². The lowest BCUT2D eigenvalue weighted by Crippen LogP contribution is -1.98. The Labute approximate surface area is 158 Å². The van der Waals surface area contributed by atoms with E-state index in [-0.39, 0.29) is 6.61 Å². The zero-order valence-electron chi connectivity index (χ0n) is 15.5. The van der Waals surface area contributed by atoms with Gasteiger partial charge in [-0.2, -0.15) is 0 Å². The summed E-state index contributed by atoms with van der Waals surface area (Å²) in [5.74, 6) is 1.93. The Kier molecular flexibility index (Phi) is 6.28. The van der Waals surface area contributed by atoms with Gasteiger partial charge in [0.1, 0.15) is 37.1 Å². The van der Waals surface area contributed by atoms with Crippen molar-refractivity contribution in [3.8, 4) is 5.75 Å². The van der Waals surface area contributed by atoms with E-state index in [1.807, 2.05) is 43.3 Å². The van der Waals surface area contributed by atoms with E-state index in [2.05, 4.69) is 24.2 Å². The third-order valence-corrected chi connectivity index (χ3v) is 4.08. The van der Waals surface area contributed by atoms with Crippen LogP contribution in [0.2, 0.25) is 0 Å². The van der Waals surface area contributed by atoms with E-state index in [4.69, 9.17) is 19.1 Å². The van der Waals surface area contributed by atoms with E-state index in [0.717, 1.165) is 22.6 Å². The van der Waals surface area contributed by atoms with E-state index in [9.17, 15) is 0 Å². The van der Waals surface area contributed by atoms with Crippen molar-refractivity contribution in [2.45, 2.75) is 33.7 Å². The van der Waals surface area contributed by atoms with Crippen LogP contribution < -0.4 is 4.74 Å². The van der Waals surface area contributed by atoms with Gasteiger partial charge in [-0.3, -0.25) is 0 Å². The van der Waals surface area contributed by atoms with Crippen LogP contribution in [0.3, 0.4) is 0 Å². The summed E-state index contributed by atoms with van der Waals surface area (Å²) in [7, 11) is 0. The first-order valence-corrected chi connectivity index (χ1v) is 8.78. The van der Waals surface area contributed by atoms with Crippen LogP contribution in [-0.4, -0.2) is 10.8 Å². The number of hydrogen-bond donors (Lipinski definition) is 1. The fourth-order valence-electron chi connectivity index (χ4n) is 2.47. The summed E-state index contributed by atoms with van der Waals surface area (Å²) < 4.78 is 11.1. The largest absolute Gasteiger partial charge is 0.486 e. The van der Waals surface area contributed by atoms with Crippen LogP contribution in [0.15, 0.2) is 70.2 Å². The summed E-state index contributed by atoms with van der Waals surface area (Å²) in [4.78, 5) is 5.45. The fourth-order valence-corrected chi connectivity index (χ4v) is 2.47. The predicted octanol–water partition coefficient (Wildman–Crippen LogP) is 4.60. The maximum atomic E-state index is 9.00. The van der Waals surface area contributed by atoms with Crippen molar-refractivity contribution in [3.63, 3.8) is 0 Å². The number of nitrogens with zero attached hydrogens (tertiary/aromatic N) is 1. The standard InChI is InChI=1S/C22H23NO4/c1-16-3-5-18(6-4-16)14-26-23-17(2)19-7-9-20(10-8-19)25-15-22-12-11-21(13-24)27-22/h3-12,24H,13-15H2,1-2H3/b23-17+. The minimum atomic E-state index is -0.112. The molecular formula is C22H23NO4. The highest BCUT2D eigenvalue weighted by atomic mass is 16.6. The van der Waals surface area contributed by atoms with Crippen LogP contribution in [0, 0.1) is 6.92 Å². The van der Waals surface area contributed by atoms with Crippen molar-refractivity contribution in [2.24, 2.45) is 5.16 Å². The number of aliphatic hydroxyl groups excluding tert-OH is 1. The predicted molar refractivity (Wildman–Crippen MR) is 104 cm³/mol. The molecule has 3 rings (SSSR count). The van der Waals surface area contributed by atoms with Gasteiger partial charge in [-0.25, -0.2) is 0 Å². The molecule has 5 nitrogen and oxygen atoms in total. The number of oxime groups is 1. The molecule has 1 aromatic heterocycles. The molecule has 0 aliphatic heterocycles. The van der Waals surface area contributed by atoms with E-state index < -0.39 is 0 Å². The average molecular weight is 365 g/mol. The van der Waals surface area contributed by atoms with Gasteiger partial charge in [0.05, 0.1) is 5.71 Å². The molecule has 0 unspecified atom stereocenters. The zero-order valence-corrected chi connectivity index (χ0v) is 15.5. The molecule has 0 spiro atoms. The van der Waals surface area contributed by atoms with Crippen molar-refractivity contribution in [2.75, 3.05) is 0 Å². The normalized spacial score (nSPS) is 11.4. The Balaban J connectivity index is 1.51. The van der Waals surface area contributed by atoms with Crippen molar-refractivity contribution in [1.82, 2.24) is 0 Å². The Morgan fingerprint density at radius 1 is 0.926 bits per heavy atom. The van der Waals surface area contributed by atoms with Gasteiger partial charge in [0, 0.05) is 0 Å². The highest BCUT2D eigenvalue weighted by Gasteiger charge is 2.04. The van der Waals surface area contributed by atoms with E-state index in [0.29, 0.717) is 24.7 Å². The second-order valence-electron chi connectivity index (χ2n) is 6.27. The minimum absolute atomic E-state index is 0.112. The van der Waals surface area contributed by atoms with Gasteiger partial charge in [0.2, 0.25) is 0 Å². The van der Waals surface area contributed by atoms with Crippen LogP contribution in [0.5, 0.6) is 5.75 Å². The maximum Gasteiger partial charge on any atom is 0.146 e. The van der Waals surface area contributed by atoms with Gasteiger partial charge >= 0.3 is 0 Å². The molecule has 140 valence electrons. The number of benzene rings is 2. The molecule has 0 fully saturated rings. The van der Waals surface area contributed by atoms with Gasteiger partial charge in [0.15, 0.2) is 0 Å². The topological polar surface area (TPSA) is 64.2 Å². The van der Waals surface area contributed by atoms with Gasteiger partial charge < -0.3 is 19.1 Å². The van der Waals surface area contributed by atoms with E-state index in [1.165, 1.54) is 5.56 Å². The van der Waals surface area contributed by atoms with Gasteiger partial charge in [-0.1, -0.05) is 35.0 Å². The number of rotatable bonds is 8. The number of hydrogen-bond acceptors (Lipinski definition) is 5. The molecule has 0 bridgehead atoms. The van der Waals surface area contributed by atoms with E-state index in [1.54, 1.807) is 12.1 Å². The van der Waals surface area contributed by atoms with E-state index >= 15 is 0 Å². The van der Waals surface area contributed by atoms with Crippen LogP contribution in [0.25, 0.3) is 0 Å². The third-order valence-electron chi connectivity index (χ3n) is 4.08. The molecule has 1 N–H and O–H groups in total. The van der Waals surface area contributed by atoms with Gasteiger partial charge in [0.25, 0.3) is 0 Å². The van der Waals surface area contributed by atoms with Crippen molar-refractivity contribution >= 4 is 5.71 Å². The van der Waals surface area contributed by atoms with Crippen molar-refractivity contribution in [1.29, 1.82) is 0 Å². The lowest BCUT2D eigenvalue weighted by Gasteiger charge is -2.06. The quantitative estimate of drug-likeness (QED) is 0.468. The molecule has 27 heavy (non-hydrogen) atoms. The number of aliphatic hydroxyl groups is 1. The minimum Gasteiger partial charge on any atom is -0.486 e. The summed E-state index contributed by atoms with van der Waals surface area (Å²) in [6, 6.07) is 19.3. The summed E-state index contributed by atoms with van der Waals surface area (Å²) in [5, 5.41) is 13.2. The fraction of sp³-hybridized carbons (Fsp3) is 0.227. The Bertz CT molecular complexity index is 879. The molecule has 0 radical (unpaired) electrons. The molecule has 0 saturated heterocycles. The van der Waals surface area contributed by atoms with Crippen LogP contribution in [-0.2, 0) is 24.7 Å². The maximum absolute atomic E-state index is 9.00. The molecule has 0 aliphatic rings. The highest BCUT2D eigenvalue weighted by molar-refractivity contribution is 5.98. The number of furan rings is 1. The van der Waals surface area contributed by atoms with Crippen LogP contribution in [0.4, 0.5) is 0 Å². The number of aryl methyl sites for hydroxylation is 1. The molecule has 0 atom stereocenters. The summed E-state index contributed by atoms with van der Waals surface area (Å²) in [5.41, 5.74) is 4.07. The van der Waals surface area contributed by atoms with Gasteiger partial charge in [-0.15, -0.1) is 0 Å². The molecule has 0 saturated carbocycles. The first kappa shape index (κ1) is 18.7. The lowest BCUT2D eigenvalue weighted by atomic mass is 10.1. The molecule has 2 aromatic carbocycles. The Morgan fingerprint density at radius 3 is 2.30 bits per heavy atom. The Morgan fingerprint density at radius 2 is 1.63 bits per heavy atom. The molecule has 5 heteroatoms. The second-order valence-corrected chi connectivity index (χ2v) is 6.27. The SMILES string of the molecule is C/C(=N\OCc1ccc(C)cc1)c1ccc(OCc2ccc(CO)o2)cc1. The highest BCUT2D eigenvalue weighted by Crippen LogP contribution is 2.16. The second kappa shape index (κ2) is 9.05. The van der Waals surface area contributed by atoms with Crippen molar-refractivity contribution < 1.29 is 19.1 Å². The first-order chi connectivity index (χ1) is 13.1. The number of ether oxygens (including phenoxy) is 1. The lowest BCUT2D eigenvalue weighted by molar-refractivity contribution is 0.130. The summed E-state index contributed by atoms with van der Waals surface area (Å²) >= 11 is 0. The monoisotopic (exact) mass is 365 g/mol. The molecule has 3 aromatic rings. The average Bonchev–Trinajstić information content (AvgIpc) is 3.16. The third kappa shape index (κ3) is 5.46. The molecule has 0 aliphatic carbocycles. The first-order valence-electron chi connectivity index (χ1n) is 8.78. The zero-order chi connectivity index (χ0) is 19.1. The molecule has 1 heterocycles. The summed E-state index contributed by atoms with van der Waals surface area (Å²) in [6.45, 7) is 4.61.